The Balaban J connectivity index is 1.66. The topological polar surface area (TPSA) is 64.8 Å². The van der Waals surface area contributed by atoms with Crippen LogP contribution in [0.1, 0.15) is 18.3 Å². The zero-order valence-electron chi connectivity index (χ0n) is 13.7. The van der Waals surface area contributed by atoms with Crippen LogP contribution in [-0.2, 0) is 12.7 Å². The number of hydrogen-bond donors (Lipinski definition) is 0. The summed E-state index contributed by atoms with van der Waals surface area (Å²) in [6.45, 7) is 3.09. The van der Waals surface area contributed by atoms with Gasteiger partial charge in [0.05, 0.1) is 0 Å². The van der Waals surface area contributed by atoms with Gasteiger partial charge in [-0.05, 0) is 36.8 Å². The summed E-state index contributed by atoms with van der Waals surface area (Å²) in [5.74, 6) is 0.576. The van der Waals surface area contributed by atoms with Crippen molar-refractivity contribution in [3.8, 4) is 11.5 Å². The fraction of sp³-hybridized carbons (Fsp3) is 0.312. The van der Waals surface area contributed by atoms with Crippen molar-refractivity contribution >= 4 is 11.5 Å². The molecule has 1 aliphatic rings. The van der Waals surface area contributed by atoms with E-state index in [1.807, 2.05) is 30.0 Å². The molecule has 0 radical (unpaired) electrons. The molecule has 0 atom stereocenters. The number of nitrogens with zero attached hydrogens (tertiary/aromatic N) is 5. The molecule has 3 heterocycles. The van der Waals surface area contributed by atoms with Gasteiger partial charge < -0.3 is 14.4 Å². The van der Waals surface area contributed by atoms with Gasteiger partial charge in [-0.1, -0.05) is 6.07 Å². The Hall–Kier alpha value is -3.04. The maximum absolute atomic E-state index is 13.0. The zero-order valence-corrected chi connectivity index (χ0v) is 13.7. The molecule has 0 bridgehead atoms. The summed E-state index contributed by atoms with van der Waals surface area (Å²) >= 11 is 0. The number of anilines is 1. The Morgan fingerprint density at radius 3 is 2.69 bits per heavy atom. The Bertz CT molecular complexity index is 957. The fourth-order valence-corrected chi connectivity index (χ4v) is 2.74. The van der Waals surface area contributed by atoms with E-state index in [-0.39, 0.29) is 12.4 Å². The molecule has 0 spiro atoms. The molecule has 4 rings (SSSR count). The van der Waals surface area contributed by atoms with Gasteiger partial charge in [0.25, 0.3) is 5.82 Å². The van der Waals surface area contributed by atoms with Gasteiger partial charge in [0, 0.05) is 13.1 Å². The van der Waals surface area contributed by atoms with E-state index in [1.165, 1.54) is 6.07 Å². The normalized spacial score (nSPS) is 13.4. The van der Waals surface area contributed by atoms with Crippen molar-refractivity contribution in [1.29, 1.82) is 0 Å². The lowest BCUT2D eigenvalue weighted by Gasteiger charge is -2.22. The molecule has 1 aliphatic heterocycles. The number of aromatic nitrogens is 4. The highest BCUT2D eigenvalue weighted by Crippen LogP contribution is 2.33. The third kappa shape index (κ3) is 2.87. The second-order valence-electron chi connectivity index (χ2n) is 5.68. The van der Waals surface area contributed by atoms with Crippen LogP contribution in [0.15, 0.2) is 30.3 Å². The second kappa shape index (κ2) is 6.04. The van der Waals surface area contributed by atoms with E-state index in [4.69, 9.17) is 9.47 Å². The number of alkyl halides is 3. The van der Waals surface area contributed by atoms with Gasteiger partial charge in [0.15, 0.2) is 17.1 Å². The molecule has 2 aromatic heterocycles. The van der Waals surface area contributed by atoms with Gasteiger partial charge in [0.2, 0.25) is 6.79 Å². The van der Waals surface area contributed by atoms with Crippen LogP contribution in [0.4, 0.5) is 19.0 Å². The minimum absolute atomic E-state index is 0.0419. The first-order valence-corrected chi connectivity index (χ1v) is 7.89. The van der Waals surface area contributed by atoms with E-state index in [1.54, 1.807) is 6.07 Å². The second-order valence-corrected chi connectivity index (χ2v) is 5.68. The molecule has 7 nitrogen and oxygen atoms in total. The van der Waals surface area contributed by atoms with E-state index in [0.717, 1.165) is 10.1 Å². The number of hydrogen-bond acceptors (Lipinski definition) is 6. The number of rotatable bonds is 4. The molecule has 0 saturated heterocycles. The van der Waals surface area contributed by atoms with E-state index in [9.17, 15) is 13.2 Å². The standard InChI is InChI=1S/C16H14F3N5O2/c1-2-23(8-10-3-4-11-12(7-10)26-9-25-11)14-6-5-13-20-21-15(16(17,18)19)24(13)22-14/h3-7H,2,8-9H2,1H3. The summed E-state index contributed by atoms with van der Waals surface area (Å²) in [7, 11) is 0. The van der Waals surface area contributed by atoms with Crippen molar-refractivity contribution < 1.29 is 22.6 Å². The summed E-state index contributed by atoms with van der Waals surface area (Å²) in [5, 5.41) is 10.8. The highest BCUT2D eigenvalue weighted by molar-refractivity contribution is 5.48. The van der Waals surface area contributed by atoms with Crippen molar-refractivity contribution in [2.24, 2.45) is 0 Å². The first-order chi connectivity index (χ1) is 12.5. The zero-order chi connectivity index (χ0) is 18.3. The summed E-state index contributed by atoms with van der Waals surface area (Å²) < 4.78 is 50.5. The van der Waals surface area contributed by atoms with Gasteiger partial charge in [-0.3, -0.25) is 0 Å². The van der Waals surface area contributed by atoms with Crippen LogP contribution in [0.5, 0.6) is 11.5 Å². The quantitative estimate of drug-likeness (QED) is 0.708. The van der Waals surface area contributed by atoms with Gasteiger partial charge >= 0.3 is 6.18 Å². The minimum Gasteiger partial charge on any atom is -0.454 e. The molecule has 3 aromatic rings. The highest BCUT2D eigenvalue weighted by Gasteiger charge is 2.37. The van der Waals surface area contributed by atoms with Crippen LogP contribution in [0, 0.1) is 0 Å². The third-order valence-corrected chi connectivity index (χ3v) is 4.02. The number of halogens is 3. The Morgan fingerprint density at radius 2 is 1.92 bits per heavy atom. The molecule has 0 unspecified atom stereocenters. The molecule has 136 valence electrons. The van der Waals surface area contributed by atoms with Gasteiger partial charge in [-0.15, -0.1) is 15.3 Å². The first-order valence-electron chi connectivity index (χ1n) is 7.89. The predicted molar refractivity (Wildman–Crippen MR) is 85.1 cm³/mol. The van der Waals surface area contributed by atoms with Crippen LogP contribution in [0.25, 0.3) is 5.65 Å². The van der Waals surface area contributed by atoms with E-state index in [2.05, 4.69) is 15.3 Å². The van der Waals surface area contributed by atoms with Crippen molar-refractivity contribution in [3.05, 3.63) is 41.7 Å². The Labute approximate surface area is 146 Å². The Kier molecular flexibility index (Phi) is 3.82. The number of benzene rings is 1. The molecule has 0 aliphatic carbocycles. The molecular formula is C16H14F3N5O2. The predicted octanol–water partition coefficient (Wildman–Crippen LogP) is 2.90. The monoisotopic (exact) mass is 365 g/mol. The Morgan fingerprint density at radius 1 is 1.12 bits per heavy atom. The van der Waals surface area contributed by atoms with Crippen LogP contribution in [0.3, 0.4) is 0 Å². The molecule has 0 saturated carbocycles. The molecule has 10 heteroatoms. The average molecular weight is 365 g/mol. The smallest absolute Gasteiger partial charge is 0.453 e. The van der Waals surface area contributed by atoms with E-state index in [0.29, 0.717) is 30.4 Å². The molecule has 1 aromatic carbocycles. The average Bonchev–Trinajstić information content (AvgIpc) is 3.24. The largest absolute Gasteiger partial charge is 0.454 e. The van der Waals surface area contributed by atoms with Gasteiger partial charge in [-0.25, -0.2) is 0 Å². The third-order valence-electron chi connectivity index (χ3n) is 4.02. The van der Waals surface area contributed by atoms with Crippen LogP contribution < -0.4 is 14.4 Å². The fourth-order valence-electron chi connectivity index (χ4n) is 2.74. The molecule has 26 heavy (non-hydrogen) atoms. The van der Waals surface area contributed by atoms with Crippen molar-refractivity contribution in [3.63, 3.8) is 0 Å². The molecule has 0 amide bonds. The molecule has 0 fully saturated rings. The highest BCUT2D eigenvalue weighted by atomic mass is 19.4. The van der Waals surface area contributed by atoms with Crippen molar-refractivity contribution in [2.45, 2.75) is 19.6 Å². The number of fused-ring (bicyclic) bond motifs is 2. The van der Waals surface area contributed by atoms with Crippen LogP contribution in [0.2, 0.25) is 0 Å². The lowest BCUT2D eigenvalue weighted by molar-refractivity contribution is -0.146. The summed E-state index contributed by atoms with van der Waals surface area (Å²) in [4.78, 5) is 1.84. The lowest BCUT2D eigenvalue weighted by atomic mass is 10.2. The minimum atomic E-state index is -4.63. The summed E-state index contributed by atoms with van der Waals surface area (Å²) in [6, 6.07) is 8.63. The summed E-state index contributed by atoms with van der Waals surface area (Å²) in [5.41, 5.74) is 0.970. The SMILES string of the molecule is CCN(Cc1ccc2c(c1)OCO2)c1ccc2nnc(C(F)(F)F)n2n1. The lowest BCUT2D eigenvalue weighted by Crippen LogP contribution is -2.24. The first kappa shape index (κ1) is 16.4. The van der Waals surface area contributed by atoms with Crippen molar-refractivity contribution in [1.82, 2.24) is 19.8 Å². The molecular weight excluding hydrogens is 351 g/mol. The number of ether oxygens (including phenoxy) is 2. The van der Waals surface area contributed by atoms with E-state index < -0.39 is 12.0 Å². The van der Waals surface area contributed by atoms with Crippen LogP contribution >= 0.6 is 0 Å². The van der Waals surface area contributed by atoms with Crippen LogP contribution in [-0.4, -0.2) is 33.1 Å². The van der Waals surface area contributed by atoms with E-state index >= 15 is 0 Å². The van der Waals surface area contributed by atoms with Crippen molar-refractivity contribution in [2.75, 3.05) is 18.2 Å². The maximum atomic E-state index is 13.0. The summed E-state index contributed by atoms with van der Waals surface area (Å²) in [6.07, 6.45) is -4.63. The van der Waals surface area contributed by atoms with Gasteiger partial charge in [0.1, 0.15) is 5.82 Å². The molecule has 0 N–H and O–H groups in total. The van der Waals surface area contributed by atoms with Gasteiger partial charge in [-0.2, -0.15) is 17.7 Å². The maximum Gasteiger partial charge on any atom is 0.453 e.